The third-order valence-corrected chi connectivity index (χ3v) is 0.953. The van der Waals surface area contributed by atoms with Crippen LogP contribution >= 0.6 is 0 Å². The quantitative estimate of drug-likeness (QED) is 0.380. The molecule has 0 aromatic carbocycles. The van der Waals surface area contributed by atoms with Crippen molar-refractivity contribution in [1.82, 2.24) is 5.32 Å². The second-order valence-corrected chi connectivity index (χ2v) is 1.62. The van der Waals surface area contributed by atoms with Gasteiger partial charge in [0, 0.05) is 13.1 Å². The number of methoxy groups -OCH3 is 1. The summed E-state index contributed by atoms with van der Waals surface area (Å²) >= 11 is 0. The van der Waals surface area contributed by atoms with Gasteiger partial charge in [0.2, 0.25) is 0 Å². The first-order valence-electron chi connectivity index (χ1n) is 2.80. The van der Waals surface area contributed by atoms with Gasteiger partial charge in [0.05, 0.1) is 18.8 Å². The molecule has 0 aromatic rings. The van der Waals surface area contributed by atoms with Gasteiger partial charge in [-0.25, -0.2) is 4.79 Å². The molecule has 5 heteroatoms. The van der Waals surface area contributed by atoms with Crippen LogP contribution in [0.25, 0.3) is 0 Å². The number of hydrogen-bond acceptors (Lipinski definition) is 5. The molecular weight excluding hydrogens is 150 g/mol. The molecule has 0 aliphatic rings. The lowest BCUT2D eigenvalue weighted by molar-refractivity contribution is -0.299. The van der Waals surface area contributed by atoms with Gasteiger partial charge in [-0.1, -0.05) is 0 Å². The molecule has 0 aliphatic heterocycles. The lowest BCUT2D eigenvalue weighted by Gasteiger charge is -2.05. The Morgan fingerprint density at radius 2 is 2.09 bits per heavy atom. The molecule has 0 atom stereocenters. The topological polar surface area (TPSA) is 78.5 Å². The van der Waals surface area contributed by atoms with E-state index in [1.54, 1.807) is 0 Å². The Morgan fingerprint density at radius 3 is 2.36 bits per heavy atom. The summed E-state index contributed by atoms with van der Waals surface area (Å²) in [5.41, 5.74) is -0.308. The number of nitrogens with one attached hydrogen (secondary N) is 1. The van der Waals surface area contributed by atoms with Gasteiger partial charge in [0.1, 0.15) is 0 Å². The lowest BCUT2D eigenvalue weighted by Crippen LogP contribution is -2.31. The van der Waals surface area contributed by atoms with E-state index in [2.05, 4.69) is 10.1 Å². The fraction of sp³-hybridized carbons (Fsp3) is 0.333. The van der Waals surface area contributed by atoms with Gasteiger partial charge in [0.15, 0.2) is 0 Å². The van der Waals surface area contributed by atoms with Crippen molar-refractivity contribution < 1.29 is 19.4 Å². The molecule has 62 valence electrons. The summed E-state index contributed by atoms with van der Waals surface area (Å²) in [5.74, 6) is -2.18. The standard InChI is InChI=1S/C6H9NO4/c1-7-4(6(9)10)3-5(8)11-2/h3,7H,1-2H3,(H,9,10)/p-1. The molecule has 0 amide bonds. The first-order valence-corrected chi connectivity index (χ1v) is 2.80. The molecule has 5 nitrogen and oxygen atoms in total. The van der Waals surface area contributed by atoms with E-state index < -0.39 is 11.9 Å². The van der Waals surface area contributed by atoms with Crippen molar-refractivity contribution in [3.05, 3.63) is 11.8 Å². The summed E-state index contributed by atoms with van der Waals surface area (Å²) in [5, 5.41) is 12.4. The lowest BCUT2D eigenvalue weighted by atomic mass is 10.4. The Kier molecular flexibility index (Phi) is 3.72. The Labute approximate surface area is 63.7 Å². The highest BCUT2D eigenvalue weighted by atomic mass is 16.5. The van der Waals surface area contributed by atoms with Crippen molar-refractivity contribution in [1.29, 1.82) is 0 Å². The summed E-state index contributed by atoms with van der Waals surface area (Å²) in [7, 11) is 2.52. The van der Waals surface area contributed by atoms with Gasteiger partial charge < -0.3 is 20.0 Å². The highest BCUT2D eigenvalue weighted by molar-refractivity contribution is 5.93. The molecule has 0 saturated heterocycles. The third-order valence-electron chi connectivity index (χ3n) is 0.953. The molecule has 0 spiro atoms. The fourth-order valence-corrected chi connectivity index (χ4v) is 0.410. The van der Waals surface area contributed by atoms with E-state index in [1.165, 1.54) is 7.05 Å². The summed E-state index contributed by atoms with van der Waals surface area (Å²) in [6.45, 7) is 0. The first-order chi connectivity index (χ1) is 5.11. The van der Waals surface area contributed by atoms with E-state index in [-0.39, 0.29) is 5.70 Å². The van der Waals surface area contributed by atoms with E-state index >= 15 is 0 Å². The SMILES string of the molecule is CNC(=CC(=O)OC)C(=O)[O-]. The molecular formula is C6H8NO4-. The monoisotopic (exact) mass is 158 g/mol. The van der Waals surface area contributed by atoms with E-state index in [9.17, 15) is 14.7 Å². The highest BCUT2D eigenvalue weighted by Gasteiger charge is 1.99. The smallest absolute Gasteiger partial charge is 0.332 e. The van der Waals surface area contributed by atoms with Crippen LogP contribution in [0.2, 0.25) is 0 Å². The largest absolute Gasteiger partial charge is 0.543 e. The van der Waals surface area contributed by atoms with Gasteiger partial charge >= 0.3 is 5.97 Å². The Balaban J connectivity index is 4.35. The Bertz CT molecular complexity index is 197. The van der Waals surface area contributed by atoms with Crippen LogP contribution in [0.4, 0.5) is 0 Å². The normalized spacial score (nSPS) is 10.5. The third kappa shape index (κ3) is 3.24. The van der Waals surface area contributed by atoms with E-state index in [0.717, 1.165) is 13.2 Å². The Morgan fingerprint density at radius 1 is 1.55 bits per heavy atom. The van der Waals surface area contributed by atoms with Crippen LogP contribution in [0.5, 0.6) is 0 Å². The minimum absolute atomic E-state index is 0.308. The van der Waals surface area contributed by atoms with E-state index in [0.29, 0.717) is 0 Å². The minimum atomic E-state index is -1.45. The van der Waals surface area contributed by atoms with Gasteiger partial charge in [-0.3, -0.25) is 0 Å². The molecule has 0 unspecified atom stereocenters. The molecule has 11 heavy (non-hydrogen) atoms. The fourth-order valence-electron chi connectivity index (χ4n) is 0.410. The average molecular weight is 158 g/mol. The number of ether oxygens (including phenoxy) is 1. The molecule has 0 heterocycles. The van der Waals surface area contributed by atoms with Crippen LogP contribution in [-0.4, -0.2) is 26.1 Å². The van der Waals surface area contributed by atoms with Gasteiger partial charge in [-0.15, -0.1) is 0 Å². The second-order valence-electron chi connectivity index (χ2n) is 1.62. The summed E-state index contributed by atoms with van der Waals surface area (Å²) < 4.78 is 4.19. The number of esters is 1. The van der Waals surface area contributed by atoms with Crippen molar-refractivity contribution in [2.24, 2.45) is 0 Å². The van der Waals surface area contributed by atoms with Crippen LogP contribution in [0.3, 0.4) is 0 Å². The predicted octanol–water partition coefficient (Wildman–Crippen LogP) is -1.99. The maximum Gasteiger partial charge on any atom is 0.332 e. The van der Waals surface area contributed by atoms with Gasteiger partial charge in [-0.05, 0) is 0 Å². The van der Waals surface area contributed by atoms with Crippen molar-refractivity contribution in [2.75, 3.05) is 14.2 Å². The predicted molar refractivity (Wildman–Crippen MR) is 34.2 cm³/mol. The number of aliphatic carboxylic acids is 1. The Hall–Kier alpha value is -1.52. The number of likely N-dealkylation sites (N-methyl/N-ethyl adjacent to an activating group) is 1. The van der Waals surface area contributed by atoms with Crippen LogP contribution < -0.4 is 10.4 Å². The second kappa shape index (κ2) is 4.32. The summed E-state index contributed by atoms with van der Waals surface area (Å²) in [4.78, 5) is 20.6. The molecule has 0 aliphatic carbocycles. The summed E-state index contributed by atoms with van der Waals surface area (Å²) in [6, 6.07) is 0. The van der Waals surface area contributed by atoms with Crippen molar-refractivity contribution in [3.63, 3.8) is 0 Å². The number of hydrogen-bond donors (Lipinski definition) is 1. The maximum atomic E-state index is 10.5. The number of carbonyl (C=O) groups excluding carboxylic acids is 2. The molecule has 0 rings (SSSR count). The molecule has 0 bridgehead atoms. The zero-order valence-corrected chi connectivity index (χ0v) is 6.21. The van der Waals surface area contributed by atoms with Crippen molar-refractivity contribution >= 4 is 11.9 Å². The number of carboxylic acids is 1. The van der Waals surface area contributed by atoms with Crippen LogP contribution in [0, 0.1) is 0 Å². The van der Waals surface area contributed by atoms with Crippen molar-refractivity contribution in [2.45, 2.75) is 0 Å². The minimum Gasteiger partial charge on any atom is -0.543 e. The molecule has 0 saturated carbocycles. The zero-order valence-electron chi connectivity index (χ0n) is 6.21. The van der Waals surface area contributed by atoms with Gasteiger partial charge in [-0.2, -0.15) is 0 Å². The first kappa shape index (κ1) is 9.48. The molecule has 0 fully saturated rings. The summed E-state index contributed by atoms with van der Waals surface area (Å²) in [6.07, 6.45) is 0.801. The molecule has 0 radical (unpaired) electrons. The number of rotatable bonds is 3. The number of carboxylic acid groups (broad SMARTS) is 1. The van der Waals surface area contributed by atoms with Crippen LogP contribution in [0.15, 0.2) is 11.8 Å². The highest BCUT2D eigenvalue weighted by Crippen LogP contribution is 1.86. The molecule has 0 aromatic heterocycles. The maximum absolute atomic E-state index is 10.5. The average Bonchev–Trinajstić information content (AvgIpc) is 1.99. The van der Waals surface area contributed by atoms with Crippen LogP contribution in [-0.2, 0) is 14.3 Å². The van der Waals surface area contributed by atoms with Crippen LogP contribution in [0.1, 0.15) is 0 Å². The number of carbonyl (C=O) groups is 2. The molecule has 1 N–H and O–H groups in total. The van der Waals surface area contributed by atoms with E-state index in [4.69, 9.17) is 0 Å². The van der Waals surface area contributed by atoms with Gasteiger partial charge in [0.25, 0.3) is 0 Å². The van der Waals surface area contributed by atoms with E-state index in [1.807, 2.05) is 0 Å². The zero-order chi connectivity index (χ0) is 8.85. The van der Waals surface area contributed by atoms with Crippen molar-refractivity contribution in [3.8, 4) is 0 Å².